The van der Waals surface area contributed by atoms with Crippen molar-refractivity contribution in [1.82, 2.24) is 5.32 Å². The van der Waals surface area contributed by atoms with E-state index in [0.717, 1.165) is 13.8 Å². The SMILES string of the molecule is C[C@@H](O)[C@H](C)[C@@](F)(C(=O)NCc1ccccc1)C(F)(F)F. The molecule has 1 rings (SSSR count). The molecule has 0 saturated heterocycles. The fraction of sp³-hybridized carbons (Fsp3) is 0.500. The summed E-state index contributed by atoms with van der Waals surface area (Å²) in [5.41, 5.74) is -3.60. The summed E-state index contributed by atoms with van der Waals surface area (Å²) in [5, 5.41) is 11.2. The lowest BCUT2D eigenvalue weighted by Crippen LogP contribution is -2.59. The average molecular weight is 307 g/mol. The van der Waals surface area contributed by atoms with E-state index in [0.29, 0.717) is 5.56 Å². The van der Waals surface area contributed by atoms with Crippen molar-refractivity contribution in [2.75, 3.05) is 0 Å². The van der Waals surface area contributed by atoms with Gasteiger partial charge in [0.2, 0.25) is 0 Å². The van der Waals surface area contributed by atoms with Crippen LogP contribution in [0, 0.1) is 5.92 Å². The molecule has 1 aromatic carbocycles. The van der Waals surface area contributed by atoms with E-state index in [-0.39, 0.29) is 6.54 Å². The molecule has 3 nitrogen and oxygen atoms in total. The van der Waals surface area contributed by atoms with Crippen molar-refractivity contribution in [3.63, 3.8) is 0 Å². The number of hydrogen-bond donors (Lipinski definition) is 2. The Morgan fingerprint density at radius 2 is 1.71 bits per heavy atom. The molecule has 118 valence electrons. The highest BCUT2D eigenvalue weighted by molar-refractivity contribution is 5.86. The molecule has 0 bridgehead atoms. The summed E-state index contributed by atoms with van der Waals surface area (Å²) >= 11 is 0. The lowest BCUT2D eigenvalue weighted by molar-refractivity contribution is -0.247. The van der Waals surface area contributed by atoms with Crippen molar-refractivity contribution in [1.29, 1.82) is 0 Å². The molecule has 0 aliphatic carbocycles. The number of halogens is 4. The molecule has 0 saturated carbocycles. The minimum Gasteiger partial charge on any atom is -0.393 e. The van der Waals surface area contributed by atoms with Crippen molar-refractivity contribution < 1.29 is 27.5 Å². The number of hydrogen-bond acceptors (Lipinski definition) is 2. The number of benzene rings is 1. The van der Waals surface area contributed by atoms with Gasteiger partial charge >= 0.3 is 6.18 Å². The van der Waals surface area contributed by atoms with Crippen molar-refractivity contribution in [3.8, 4) is 0 Å². The van der Waals surface area contributed by atoms with Gasteiger partial charge in [0.1, 0.15) is 0 Å². The maximum atomic E-state index is 14.3. The zero-order valence-corrected chi connectivity index (χ0v) is 11.6. The maximum absolute atomic E-state index is 14.3. The third kappa shape index (κ3) is 3.72. The van der Waals surface area contributed by atoms with Gasteiger partial charge in [-0.3, -0.25) is 4.79 Å². The van der Waals surface area contributed by atoms with E-state index in [9.17, 15) is 27.5 Å². The summed E-state index contributed by atoms with van der Waals surface area (Å²) in [6.07, 6.45) is -7.04. The number of nitrogens with one attached hydrogen (secondary N) is 1. The summed E-state index contributed by atoms with van der Waals surface area (Å²) in [4.78, 5) is 11.7. The topological polar surface area (TPSA) is 49.3 Å². The first-order valence-corrected chi connectivity index (χ1v) is 6.36. The molecule has 0 fully saturated rings. The van der Waals surface area contributed by atoms with Crippen molar-refractivity contribution in [2.24, 2.45) is 5.92 Å². The Kier molecular flexibility index (Phi) is 5.33. The number of alkyl halides is 4. The molecule has 7 heteroatoms. The Morgan fingerprint density at radius 3 is 2.14 bits per heavy atom. The normalized spacial score (nSPS) is 17.7. The second-order valence-corrected chi connectivity index (χ2v) is 4.91. The van der Waals surface area contributed by atoms with E-state index in [1.165, 1.54) is 0 Å². The number of carbonyl (C=O) groups is 1. The molecule has 0 unspecified atom stereocenters. The fourth-order valence-corrected chi connectivity index (χ4v) is 1.83. The van der Waals surface area contributed by atoms with Gasteiger partial charge in [0.25, 0.3) is 11.6 Å². The van der Waals surface area contributed by atoms with Crippen molar-refractivity contribution in [3.05, 3.63) is 35.9 Å². The van der Waals surface area contributed by atoms with Crippen LogP contribution in [-0.2, 0) is 11.3 Å². The number of rotatable bonds is 5. The summed E-state index contributed by atoms with van der Waals surface area (Å²) < 4.78 is 53.2. The Balaban J connectivity index is 2.92. The molecule has 0 aliphatic heterocycles. The lowest BCUT2D eigenvalue weighted by Gasteiger charge is -2.33. The van der Waals surface area contributed by atoms with Crippen LogP contribution in [0.25, 0.3) is 0 Å². The summed E-state index contributed by atoms with van der Waals surface area (Å²) in [5.74, 6) is -3.72. The van der Waals surface area contributed by atoms with Crippen molar-refractivity contribution >= 4 is 5.91 Å². The lowest BCUT2D eigenvalue weighted by atomic mass is 9.85. The first-order chi connectivity index (χ1) is 9.60. The van der Waals surface area contributed by atoms with E-state index in [1.807, 2.05) is 5.32 Å². The van der Waals surface area contributed by atoms with Crippen LogP contribution in [0.15, 0.2) is 30.3 Å². The van der Waals surface area contributed by atoms with Crippen molar-refractivity contribution in [2.45, 2.75) is 38.3 Å². The Hall–Kier alpha value is -1.63. The van der Waals surface area contributed by atoms with Crippen LogP contribution in [-0.4, -0.2) is 29.0 Å². The molecule has 0 aliphatic rings. The molecule has 0 radical (unpaired) electrons. The van der Waals surface area contributed by atoms with Gasteiger partial charge in [0, 0.05) is 12.5 Å². The van der Waals surface area contributed by atoms with E-state index in [1.54, 1.807) is 30.3 Å². The molecule has 0 aromatic heterocycles. The van der Waals surface area contributed by atoms with E-state index in [4.69, 9.17) is 0 Å². The van der Waals surface area contributed by atoms with Gasteiger partial charge in [0.05, 0.1) is 6.10 Å². The van der Waals surface area contributed by atoms with Gasteiger partial charge in [-0.25, -0.2) is 4.39 Å². The number of aliphatic hydroxyl groups excluding tert-OH is 1. The van der Waals surface area contributed by atoms with Gasteiger partial charge in [-0.15, -0.1) is 0 Å². The van der Waals surface area contributed by atoms with Gasteiger partial charge < -0.3 is 10.4 Å². The quantitative estimate of drug-likeness (QED) is 0.822. The molecule has 1 amide bonds. The van der Waals surface area contributed by atoms with Crippen LogP contribution < -0.4 is 5.32 Å². The smallest absolute Gasteiger partial charge is 0.393 e. The minimum absolute atomic E-state index is 0.228. The van der Waals surface area contributed by atoms with Crippen LogP contribution >= 0.6 is 0 Å². The van der Waals surface area contributed by atoms with Crippen LogP contribution in [0.5, 0.6) is 0 Å². The summed E-state index contributed by atoms with van der Waals surface area (Å²) in [6, 6.07) is 8.17. The van der Waals surface area contributed by atoms with Gasteiger partial charge in [0.15, 0.2) is 0 Å². The van der Waals surface area contributed by atoms with Crippen LogP contribution in [0.2, 0.25) is 0 Å². The van der Waals surface area contributed by atoms with Crippen LogP contribution in [0.1, 0.15) is 19.4 Å². The highest BCUT2D eigenvalue weighted by atomic mass is 19.4. The second-order valence-electron chi connectivity index (χ2n) is 4.91. The standard InChI is InChI=1S/C14H17F4NO2/c1-9(10(2)20)13(15,14(16,17)18)12(21)19-8-11-6-4-3-5-7-11/h3-7,9-10,20H,8H2,1-2H3,(H,19,21)/t9-,10+,13+/m0/s1. The minimum atomic E-state index is -5.41. The predicted octanol–water partition coefficient (Wildman–Crippen LogP) is 2.59. The van der Waals surface area contributed by atoms with E-state index < -0.39 is 29.8 Å². The second kappa shape index (κ2) is 6.43. The highest BCUT2D eigenvalue weighted by Gasteiger charge is 2.65. The third-order valence-electron chi connectivity index (χ3n) is 3.39. The Labute approximate surface area is 120 Å². The van der Waals surface area contributed by atoms with Crippen LogP contribution in [0.4, 0.5) is 17.6 Å². The third-order valence-corrected chi connectivity index (χ3v) is 3.39. The first-order valence-electron chi connectivity index (χ1n) is 6.36. The van der Waals surface area contributed by atoms with Gasteiger partial charge in [-0.1, -0.05) is 37.3 Å². The Bertz CT molecular complexity index is 476. The van der Waals surface area contributed by atoms with Gasteiger partial charge in [-0.2, -0.15) is 13.2 Å². The Morgan fingerprint density at radius 1 is 1.19 bits per heavy atom. The van der Waals surface area contributed by atoms with E-state index in [2.05, 4.69) is 0 Å². The monoisotopic (exact) mass is 307 g/mol. The molecule has 2 N–H and O–H groups in total. The number of amides is 1. The average Bonchev–Trinajstić information content (AvgIpc) is 2.42. The molecule has 1 aromatic rings. The molecular weight excluding hydrogens is 290 g/mol. The van der Waals surface area contributed by atoms with Gasteiger partial charge in [-0.05, 0) is 12.5 Å². The zero-order valence-electron chi connectivity index (χ0n) is 11.6. The summed E-state index contributed by atoms with van der Waals surface area (Å²) in [7, 11) is 0. The maximum Gasteiger partial charge on any atom is 0.432 e. The molecular formula is C14H17F4NO2. The molecule has 0 spiro atoms. The largest absolute Gasteiger partial charge is 0.432 e. The van der Waals surface area contributed by atoms with E-state index >= 15 is 0 Å². The molecule has 21 heavy (non-hydrogen) atoms. The highest BCUT2D eigenvalue weighted by Crippen LogP contribution is 2.41. The fourth-order valence-electron chi connectivity index (χ4n) is 1.83. The first kappa shape index (κ1) is 17.4. The molecule has 0 heterocycles. The zero-order chi connectivity index (χ0) is 16.3. The predicted molar refractivity (Wildman–Crippen MR) is 69.0 cm³/mol. The molecule has 3 atom stereocenters. The number of carbonyl (C=O) groups excluding carboxylic acids is 1. The van der Waals surface area contributed by atoms with Crippen LogP contribution in [0.3, 0.4) is 0 Å². The number of aliphatic hydroxyl groups is 1. The summed E-state index contributed by atoms with van der Waals surface area (Å²) in [6.45, 7) is 1.63.